The van der Waals surface area contributed by atoms with Gasteiger partial charge < -0.3 is 15.2 Å². The first-order valence-electron chi connectivity index (χ1n) is 8.63. The van der Waals surface area contributed by atoms with Crippen molar-refractivity contribution in [3.05, 3.63) is 35.4 Å². The maximum Gasteiger partial charge on any atom is 0.416 e. The second kappa shape index (κ2) is 9.21. The van der Waals surface area contributed by atoms with Gasteiger partial charge in [0, 0.05) is 19.4 Å². The first-order valence-corrected chi connectivity index (χ1v) is 8.63. The van der Waals surface area contributed by atoms with Crippen molar-refractivity contribution >= 4 is 11.9 Å². The number of benzene rings is 1. The van der Waals surface area contributed by atoms with Gasteiger partial charge in [0.2, 0.25) is 5.91 Å². The molecule has 0 fully saturated rings. The van der Waals surface area contributed by atoms with E-state index >= 15 is 0 Å². The first-order chi connectivity index (χ1) is 12.3. The van der Waals surface area contributed by atoms with Crippen molar-refractivity contribution in [1.29, 1.82) is 0 Å². The van der Waals surface area contributed by atoms with Crippen molar-refractivity contribution in [2.24, 2.45) is 0 Å². The van der Waals surface area contributed by atoms with E-state index in [9.17, 15) is 27.9 Å². The van der Waals surface area contributed by atoms with Gasteiger partial charge >= 0.3 is 12.1 Å². The molecule has 0 heterocycles. The molecule has 1 aromatic rings. The van der Waals surface area contributed by atoms with E-state index in [1.165, 1.54) is 12.1 Å². The lowest BCUT2D eigenvalue weighted by Gasteiger charge is -2.22. The van der Waals surface area contributed by atoms with Gasteiger partial charge in [0.15, 0.2) is 0 Å². The number of rotatable bonds is 8. The van der Waals surface area contributed by atoms with Gasteiger partial charge in [-0.25, -0.2) is 4.79 Å². The quantitative estimate of drug-likeness (QED) is 0.705. The highest BCUT2D eigenvalue weighted by Gasteiger charge is 2.31. The minimum atomic E-state index is -4.46. The predicted octanol–water partition coefficient (Wildman–Crippen LogP) is 3.97. The molecule has 1 amide bonds. The first kappa shape index (κ1) is 23.0. The van der Waals surface area contributed by atoms with Crippen LogP contribution in [-0.4, -0.2) is 35.2 Å². The molecule has 2 atom stereocenters. The number of carboxylic acid groups (broad SMARTS) is 1. The molecule has 0 aliphatic carbocycles. The molecule has 1 aromatic carbocycles. The molecule has 1 rings (SSSR count). The molecular weight excluding hydrogens is 363 g/mol. The van der Waals surface area contributed by atoms with Crippen molar-refractivity contribution in [2.45, 2.75) is 64.3 Å². The van der Waals surface area contributed by atoms with Crippen molar-refractivity contribution < 1.29 is 32.6 Å². The highest BCUT2D eigenvalue weighted by atomic mass is 19.4. The van der Waals surface area contributed by atoms with E-state index in [1.54, 1.807) is 6.92 Å². The van der Waals surface area contributed by atoms with Crippen LogP contribution in [0.1, 0.15) is 57.6 Å². The second-order valence-corrected chi connectivity index (χ2v) is 7.44. The SMILES string of the molecule is CC(CC(=O)NC(CCOC(C)(C)C)C(=O)O)c1cccc(C(F)(F)F)c1. The number of carboxylic acids is 1. The van der Waals surface area contributed by atoms with Crippen molar-refractivity contribution in [3.63, 3.8) is 0 Å². The van der Waals surface area contributed by atoms with Gasteiger partial charge in [-0.05, 0) is 38.3 Å². The van der Waals surface area contributed by atoms with E-state index in [2.05, 4.69) is 5.32 Å². The van der Waals surface area contributed by atoms with Gasteiger partial charge in [-0.15, -0.1) is 0 Å². The summed E-state index contributed by atoms with van der Waals surface area (Å²) in [7, 11) is 0. The van der Waals surface area contributed by atoms with Crippen LogP contribution >= 0.6 is 0 Å². The molecule has 0 radical (unpaired) electrons. The van der Waals surface area contributed by atoms with Crippen LogP contribution in [0.25, 0.3) is 0 Å². The molecule has 152 valence electrons. The monoisotopic (exact) mass is 389 g/mol. The largest absolute Gasteiger partial charge is 0.480 e. The van der Waals surface area contributed by atoms with Gasteiger partial charge in [0.05, 0.1) is 11.2 Å². The summed E-state index contributed by atoms with van der Waals surface area (Å²) in [6.45, 7) is 7.27. The van der Waals surface area contributed by atoms with Gasteiger partial charge in [-0.2, -0.15) is 13.2 Å². The zero-order valence-electron chi connectivity index (χ0n) is 15.9. The lowest BCUT2D eigenvalue weighted by atomic mass is 9.95. The van der Waals surface area contributed by atoms with E-state index in [0.29, 0.717) is 5.56 Å². The summed E-state index contributed by atoms with van der Waals surface area (Å²) in [5, 5.41) is 11.6. The molecule has 5 nitrogen and oxygen atoms in total. The van der Waals surface area contributed by atoms with Crippen LogP contribution < -0.4 is 5.32 Å². The maximum atomic E-state index is 12.8. The summed E-state index contributed by atoms with van der Waals surface area (Å²) in [5.41, 5.74) is -0.844. The van der Waals surface area contributed by atoms with E-state index in [-0.39, 0.29) is 19.4 Å². The molecule has 0 bridgehead atoms. The fourth-order valence-electron chi connectivity index (χ4n) is 2.41. The Bertz CT molecular complexity index is 653. The smallest absolute Gasteiger partial charge is 0.416 e. The van der Waals surface area contributed by atoms with E-state index in [0.717, 1.165) is 12.1 Å². The third-order valence-electron chi connectivity index (χ3n) is 3.85. The highest BCUT2D eigenvalue weighted by Crippen LogP contribution is 2.31. The molecule has 0 saturated carbocycles. The topological polar surface area (TPSA) is 75.6 Å². The molecule has 0 aliphatic rings. The predicted molar refractivity (Wildman–Crippen MR) is 94.4 cm³/mol. The van der Waals surface area contributed by atoms with Gasteiger partial charge in [0.25, 0.3) is 0 Å². The number of hydrogen-bond donors (Lipinski definition) is 2. The molecule has 0 spiro atoms. The Morgan fingerprint density at radius 2 is 1.85 bits per heavy atom. The highest BCUT2D eigenvalue weighted by molar-refractivity contribution is 5.83. The Hall–Kier alpha value is -2.09. The lowest BCUT2D eigenvalue weighted by molar-refractivity contribution is -0.143. The Morgan fingerprint density at radius 3 is 2.37 bits per heavy atom. The average molecular weight is 389 g/mol. The molecule has 0 saturated heterocycles. The average Bonchev–Trinajstić information content (AvgIpc) is 2.51. The summed E-state index contributed by atoms with van der Waals surface area (Å²) in [5.74, 6) is -2.22. The van der Waals surface area contributed by atoms with Crippen molar-refractivity contribution in [3.8, 4) is 0 Å². The zero-order valence-corrected chi connectivity index (χ0v) is 15.9. The normalized spacial score (nSPS) is 14.5. The standard InChI is InChI=1S/C19H26F3NO4/c1-12(13-6-5-7-14(11-13)19(20,21)22)10-16(24)23-15(17(25)26)8-9-27-18(2,3)4/h5-7,11-12,15H,8-10H2,1-4H3,(H,23,24)(H,25,26). The van der Waals surface area contributed by atoms with Crippen LogP contribution in [0, 0.1) is 0 Å². The van der Waals surface area contributed by atoms with E-state index in [1.807, 2.05) is 20.8 Å². The number of aliphatic carboxylic acids is 1. The molecule has 27 heavy (non-hydrogen) atoms. The molecule has 0 aliphatic heterocycles. The Labute approximate surface area is 156 Å². The molecule has 0 aromatic heterocycles. The number of nitrogens with one attached hydrogen (secondary N) is 1. The summed E-state index contributed by atoms with van der Waals surface area (Å²) in [6.07, 6.45) is -4.49. The van der Waals surface area contributed by atoms with Crippen molar-refractivity contribution in [2.75, 3.05) is 6.61 Å². The molecule has 8 heteroatoms. The van der Waals surface area contributed by atoms with E-state index < -0.39 is 41.2 Å². The fraction of sp³-hybridized carbons (Fsp3) is 0.579. The van der Waals surface area contributed by atoms with Crippen LogP contribution in [0.3, 0.4) is 0 Å². The van der Waals surface area contributed by atoms with Gasteiger partial charge in [0.1, 0.15) is 6.04 Å². The number of hydrogen-bond acceptors (Lipinski definition) is 3. The summed E-state index contributed by atoms with van der Waals surface area (Å²) in [4.78, 5) is 23.5. The minimum absolute atomic E-state index is 0.0935. The summed E-state index contributed by atoms with van der Waals surface area (Å²) in [6, 6.07) is 3.65. The number of carbonyl (C=O) groups excluding carboxylic acids is 1. The Morgan fingerprint density at radius 1 is 1.22 bits per heavy atom. The van der Waals surface area contributed by atoms with Crippen LogP contribution in [0.5, 0.6) is 0 Å². The van der Waals surface area contributed by atoms with Gasteiger partial charge in [-0.1, -0.05) is 25.1 Å². The minimum Gasteiger partial charge on any atom is -0.480 e. The number of ether oxygens (including phenoxy) is 1. The molecule has 2 N–H and O–H groups in total. The Kier molecular flexibility index (Phi) is 7.83. The van der Waals surface area contributed by atoms with Crippen molar-refractivity contribution in [1.82, 2.24) is 5.32 Å². The lowest BCUT2D eigenvalue weighted by Crippen LogP contribution is -2.42. The van der Waals surface area contributed by atoms with Crippen LogP contribution in [0.15, 0.2) is 24.3 Å². The maximum absolute atomic E-state index is 12.8. The fourth-order valence-corrected chi connectivity index (χ4v) is 2.41. The summed E-state index contributed by atoms with van der Waals surface area (Å²) < 4.78 is 43.9. The zero-order chi connectivity index (χ0) is 20.8. The number of carbonyl (C=O) groups is 2. The molecular formula is C19H26F3NO4. The Balaban J connectivity index is 2.67. The molecule has 2 unspecified atom stereocenters. The third-order valence-corrected chi connectivity index (χ3v) is 3.85. The van der Waals surface area contributed by atoms with Crippen LogP contribution in [0.2, 0.25) is 0 Å². The number of amides is 1. The number of alkyl halides is 3. The second-order valence-electron chi connectivity index (χ2n) is 7.44. The third kappa shape index (κ3) is 8.43. The van der Waals surface area contributed by atoms with Gasteiger partial charge in [-0.3, -0.25) is 4.79 Å². The van der Waals surface area contributed by atoms with Crippen LogP contribution in [0.4, 0.5) is 13.2 Å². The number of halogens is 3. The van der Waals surface area contributed by atoms with Crippen LogP contribution in [-0.2, 0) is 20.5 Å². The summed E-state index contributed by atoms with van der Waals surface area (Å²) >= 11 is 0. The van der Waals surface area contributed by atoms with E-state index in [4.69, 9.17) is 4.74 Å².